The lowest BCUT2D eigenvalue weighted by Crippen LogP contribution is -2.38. The lowest BCUT2D eigenvalue weighted by molar-refractivity contribution is -0.384. The van der Waals surface area contributed by atoms with Crippen molar-refractivity contribution in [2.75, 3.05) is 30.4 Å². The van der Waals surface area contributed by atoms with Gasteiger partial charge in [0.2, 0.25) is 11.8 Å². The van der Waals surface area contributed by atoms with E-state index < -0.39 is 4.92 Å². The minimum absolute atomic E-state index is 0.0248. The van der Waals surface area contributed by atoms with E-state index >= 15 is 0 Å². The Labute approximate surface area is 124 Å². The first-order chi connectivity index (χ1) is 9.82. The molecular weight excluding hydrogens is 270 g/mol. The van der Waals surface area contributed by atoms with Gasteiger partial charge < -0.3 is 10.2 Å². The second-order valence-electron chi connectivity index (χ2n) is 6.54. The zero-order chi connectivity index (χ0) is 15.6. The van der Waals surface area contributed by atoms with Crippen molar-refractivity contribution in [1.82, 2.24) is 9.97 Å². The molecule has 2 heterocycles. The summed E-state index contributed by atoms with van der Waals surface area (Å²) in [4.78, 5) is 21.0. The largest absolute Gasteiger partial charge is 0.357 e. The van der Waals surface area contributed by atoms with E-state index in [0.29, 0.717) is 17.7 Å². The molecule has 21 heavy (non-hydrogen) atoms. The number of rotatable bonds is 3. The van der Waals surface area contributed by atoms with Crippen LogP contribution in [0.3, 0.4) is 0 Å². The molecule has 0 amide bonds. The molecule has 116 valence electrons. The normalized spacial score (nSPS) is 16.9. The van der Waals surface area contributed by atoms with Crippen LogP contribution in [0.25, 0.3) is 0 Å². The van der Waals surface area contributed by atoms with Gasteiger partial charge >= 0.3 is 5.69 Å². The van der Waals surface area contributed by atoms with Crippen LogP contribution in [0, 0.1) is 21.4 Å². The minimum Gasteiger partial charge on any atom is -0.357 e. The molecule has 0 atom stereocenters. The van der Waals surface area contributed by atoms with Crippen molar-refractivity contribution in [3.05, 3.63) is 16.3 Å². The van der Waals surface area contributed by atoms with E-state index in [0.717, 1.165) is 25.9 Å². The first-order valence-electron chi connectivity index (χ1n) is 7.27. The molecule has 1 aliphatic heterocycles. The second kappa shape index (κ2) is 5.83. The Balaban J connectivity index is 2.21. The van der Waals surface area contributed by atoms with Crippen molar-refractivity contribution in [1.29, 1.82) is 0 Å². The number of hydrogen-bond donors (Lipinski definition) is 1. The maximum Gasteiger partial charge on any atom is 0.329 e. The van der Waals surface area contributed by atoms with Crippen LogP contribution in [0.2, 0.25) is 0 Å². The number of anilines is 2. The molecule has 0 aromatic carbocycles. The van der Waals surface area contributed by atoms with Crippen LogP contribution in [-0.4, -0.2) is 35.0 Å². The van der Waals surface area contributed by atoms with Crippen molar-refractivity contribution in [2.45, 2.75) is 33.6 Å². The fraction of sp³-hybridized carbons (Fsp3) is 0.714. The second-order valence-corrected chi connectivity index (χ2v) is 6.54. The Morgan fingerprint density at radius 3 is 2.48 bits per heavy atom. The molecular formula is C14H23N5O2. The molecule has 2 rings (SSSR count). The van der Waals surface area contributed by atoms with Gasteiger partial charge in [-0.05, 0) is 24.2 Å². The average Bonchev–Trinajstić information content (AvgIpc) is 2.45. The summed E-state index contributed by atoms with van der Waals surface area (Å²) < 4.78 is 0. The molecule has 1 aliphatic rings. The van der Waals surface area contributed by atoms with Gasteiger partial charge in [0.25, 0.3) is 0 Å². The summed E-state index contributed by atoms with van der Waals surface area (Å²) in [5.41, 5.74) is 0.253. The number of nitrogens with zero attached hydrogens (tertiary/aromatic N) is 4. The van der Waals surface area contributed by atoms with E-state index in [2.05, 4.69) is 36.1 Å². The third-order valence-electron chi connectivity index (χ3n) is 4.19. The third kappa shape index (κ3) is 3.40. The maximum atomic E-state index is 11.2. The molecule has 1 aromatic heterocycles. The summed E-state index contributed by atoms with van der Waals surface area (Å²) in [6.07, 6.45) is 3.34. The van der Waals surface area contributed by atoms with Crippen LogP contribution in [0.15, 0.2) is 6.20 Å². The SMILES string of the molecule is CNc1ncc([N+](=O)[O-])c(N2CCC(C(C)(C)C)CC2)n1. The minimum atomic E-state index is -0.412. The fourth-order valence-electron chi connectivity index (χ4n) is 2.81. The van der Waals surface area contributed by atoms with Crippen molar-refractivity contribution in [2.24, 2.45) is 11.3 Å². The summed E-state index contributed by atoms with van der Waals surface area (Å²) >= 11 is 0. The highest BCUT2D eigenvalue weighted by Crippen LogP contribution is 2.37. The van der Waals surface area contributed by atoms with Crippen LogP contribution >= 0.6 is 0 Å². The summed E-state index contributed by atoms with van der Waals surface area (Å²) in [6.45, 7) is 8.34. The molecule has 7 heteroatoms. The quantitative estimate of drug-likeness (QED) is 0.681. The van der Waals surface area contributed by atoms with Crippen molar-refractivity contribution in [3.63, 3.8) is 0 Å². The van der Waals surface area contributed by atoms with E-state index in [1.165, 1.54) is 6.20 Å². The van der Waals surface area contributed by atoms with Crippen molar-refractivity contribution < 1.29 is 4.92 Å². The first-order valence-corrected chi connectivity index (χ1v) is 7.27. The predicted octanol–water partition coefficient (Wildman–Crippen LogP) is 2.69. The Morgan fingerprint density at radius 2 is 2.00 bits per heavy atom. The summed E-state index contributed by atoms with van der Waals surface area (Å²) in [7, 11) is 1.71. The summed E-state index contributed by atoms with van der Waals surface area (Å²) in [6, 6.07) is 0. The van der Waals surface area contributed by atoms with Gasteiger partial charge in [0, 0.05) is 20.1 Å². The van der Waals surface area contributed by atoms with Gasteiger partial charge in [-0.3, -0.25) is 10.1 Å². The molecule has 1 fully saturated rings. The molecule has 1 N–H and O–H groups in total. The van der Waals surface area contributed by atoms with Crippen LogP contribution in [0.4, 0.5) is 17.5 Å². The Morgan fingerprint density at radius 1 is 1.38 bits per heavy atom. The van der Waals surface area contributed by atoms with Crippen LogP contribution in [-0.2, 0) is 0 Å². The predicted molar refractivity (Wildman–Crippen MR) is 82.6 cm³/mol. The highest BCUT2D eigenvalue weighted by Gasteiger charge is 2.31. The number of nitro groups is 1. The number of hydrogen-bond acceptors (Lipinski definition) is 6. The van der Waals surface area contributed by atoms with Gasteiger partial charge in [0.1, 0.15) is 6.20 Å². The first kappa shape index (κ1) is 15.5. The zero-order valence-corrected chi connectivity index (χ0v) is 13.1. The van der Waals surface area contributed by atoms with Gasteiger partial charge in [-0.25, -0.2) is 4.98 Å². The molecule has 0 saturated carbocycles. The molecule has 0 spiro atoms. The van der Waals surface area contributed by atoms with Gasteiger partial charge in [-0.15, -0.1) is 0 Å². The molecule has 0 aliphatic carbocycles. The van der Waals surface area contributed by atoms with Gasteiger partial charge in [0.05, 0.1) is 4.92 Å². The highest BCUT2D eigenvalue weighted by molar-refractivity contribution is 5.59. The molecule has 7 nitrogen and oxygen atoms in total. The number of piperidine rings is 1. The number of nitrogens with one attached hydrogen (secondary N) is 1. The third-order valence-corrected chi connectivity index (χ3v) is 4.19. The fourth-order valence-corrected chi connectivity index (χ4v) is 2.81. The highest BCUT2D eigenvalue weighted by atomic mass is 16.6. The van der Waals surface area contributed by atoms with Gasteiger partial charge in [-0.2, -0.15) is 4.98 Å². The summed E-state index contributed by atoms with van der Waals surface area (Å²) in [5, 5.41) is 14.0. The van der Waals surface area contributed by atoms with Gasteiger partial charge in [-0.1, -0.05) is 20.8 Å². The smallest absolute Gasteiger partial charge is 0.329 e. The van der Waals surface area contributed by atoms with Gasteiger partial charge in [0.15, 0.2) is 0 Å². The Kier molecular flexibility index (Phi) is 4.29. The standard InChI is InChI=1S/C14H23N5O2/c1-14(2,3)10-5-7-18(8-6-10)12-11(19(20)21)9-16-13(15-4)17-12/h9-10H,5-8H2,1-4H3,(H,15,16,17). The topological polar surface area (TPSA) is 84.2 Å². The van der Waals surface area contributed by atoms with Crippen LogP contribution in [0.5, 0.6) is 0 Å². The van der Waals surface area contributed by atoms with Crippen molar-refractivity contribution in [3.8, 4) is 0 Å². The van der Waals surface area contributed by atoms with E-state index in [-0.39, 0.29) is 11.1 Å². The van der Waals surface area contributed by atoms with E-state index in [4.69, 9.17) is 0 Å². The molecule has 1 aromatic rings. The Hall–Kier alpha value is -1.92. The maximum absolute atomic E-state index is 11.2. The molecule has 0 unspecified atom stereocenters. The molecule has 0 radical (unpaired) electrons. The lowest BCUT2D eigenvalue weighted by atomic mass is 9.75. The summed E-state index contributed by atoms with van der Waals surface area (Å²) in [5.74, 6) is 1.47. The number of aromatic nitrogens is 2. The van der Waals surface area contributed by atoms with E-state index in [1.807, 2.05) is 4.90 Å². The molecule has 0 bridgehead atoms. The average molecular weight is 293 g/mol. The van der Waals surface area contributed by atoms with Crippen LogP contribution < -0.4 is 10.2 Å². The molecule has 1 saturated heterocycles. The van der Waals surface area contributed by atoms with E-state index in [9.17, 15) is 10.1 Å². The van der Waals surface area contributed by atoms with Crippen molar-refractivity contribution >= 4 is 17.5 Å². The monoisotopic (exact) mass is 293 g/mol. The Bertz CT molecular complexity index is 519. The zero-order valence-electron chi connectivity index (χ0n) is 13.1. The van der Waals surface area contributed by atoms with Crippen LogP contribution in [0.1, 0.15) is 33.6 Å². The van der Waals surface area contributed by atoms with E-state index in [1.54, 1.807) is 7.05 Å². The lowest BCUT2D eigenvalue weighted by Gasteiger charge is -2.39.